The van der Waals surface area contributed by atoms with E-state index >= 15 is 0 Å². The van der Waals surface area contributed by atoms with E-state index in [1.807, 2.05) is 26.0 Å². The zero-order valence-electron chi connectivity index (χ0n) is 10.6. The minimum atomic E-state index is -0.399. The average molecular weight is 246 g/mol. The first kappa shape index (κ1) is 12.6. The van der Waals surface area contributed by atoms with Crippen LogP contribution >= 0.6 is 0 Å². The van der Waals surface area contributed by atoms with Crippen molar-refractivity contribution in [3.05, 3.63) is 24.5 Å². The Morgan fingerprint density at radius 3 is 2.83 bits per heavy atom. The summed E-state index contributed by atoms with van der Waals surface area (Å²) >= 11 is 0. The number of fused-ring (bicyclic) bond motifs is 1. The van der Waals surface area contributed by atoms with Crippen LogP contribution in [0, 0.1) is 5.92 Å². The first-order valence-electron chi connectivity index (χ1n) is 6.00. The molecule has 5 heteroatoms. The van der Waals surface area contributed by atoms with Gasteiger partial charge in [0.15, 0.2) is 0 Å². The van der Waals surface area contributed by atoms with E-state index in [0.29, 0.717) is 12.2 Å². The summed E-state index contributed by atoms with van der Waals surface area (Å²) < 4.78 is 0. The van der Waals surface area contributed by atoms with Gasteiger partial charge in [0.1, 0.15) is 12.1 Å². The fourth-order valence-electron chi connectivity index (χ4n) is 1.65. The molecular formula is C13H18N4O. The van der Waals surface area contributed by atoms with Crippen LogP contribution in [0.25, 0.3) is 10.9 Å². The predicted molar refractivity (Wildman–Crippen MR) is 73.3 cm³/mol. The number of benzene rings is 1. The molecule has 0 radical (unpaired) electrons. The number of rotatable bonds is 4. The van der Waals surface area contributed by atoms with Gasteiger partial charge in [-0.25, -0.2) is 9.97 Å². The molecule has 0 bridgehead atoms. The molecule has 1 aromatic carbocycles. The molecule has 1 atom stereocenters. The van der Waals surface area contributed by atoms with Gasteiger partial charge in [0.05, 0.1) is 11.6 Å². The van der Waals surface area contributed by atoms with Crippen molar-refractivity contribution in [1.82, 2.24) is 9.97 Å². The Kier molecular flexibility index (Phi) is 3.62. The van der Waals surface area contributed by atoms with Gasteiger partial charge in [0, 0.05) is 17.6 Å². The van der Waals surface area contributed by atoms with Gasteiger partial charge in [0.25, 0.3) is 0 Å². The second-order valence-electron chi connectivity index (χ2n) is 4.69. The smallest absolute Gasteiger partial charge is 0.137 e. The zero-order chi connectivity index (χ0) is 13.1. The second-order valence-corrected chi connectivity index (χ2v) is 4.69. The largest absolute Gasteiger partial charge is 0.399 e. The quantitative estimate of drug-likeness (QED) is 0.714. The molecule has 1 aromatic heterocycles. The topological polar surface area (TPSA) is 84.1 Å². The van der Waals surface area contributed by atoms with E-state index in [-0.39, 0.29) is 5.92 Å². The third-order valence-corrected chi connectivity index (χ3v) is 2.91. The molecule has 0 aliphatic carbocycles. The van der Waals surface area contributed by atoms with E-state index in [9.17, 15) is 5.11 Å². The van der Waals surface area contributed by atoms with Gasteiger partial charge in [-0.15, -0.1) is 0 Å². The van der Waals surface area contributed by atoms with E-state index in [0.717, 1.165) is 16.7 Å². The van der Waals surface area contributed by atoms with Gasteiger partial charge in [-0.05, 0) is 24.1 Å². The summed E-state index contributed by atoms with van der Waals surface area (Å²) in [6.07, 6.45) is 1.09. The number of aliphatic hydroxyl groups excluding tert-OH is 1. The lowest BCUT2D eigenvalue weighted by atomic mass is 10.1. The van der Waals surface area contributed by atoms with Crippen molar-refractivity contribution in [2.45, 2.75) is 20.0 Å². The minimum absolute atomic E-state index is 0.209. The fourth-order valence-corrected chi connectivity index (χ4v) is 1.65. The lowest BCUT2D eigenvalue weighted by Crippen LogP contribution is -2.25. The Morgan fingerprint density at radius 1 is 1.33 bits per heavy atom. The van der Waals surface area contributed by atoms with E-state index in [2.05, 4.69) is 15.3 Å². The van der Waals surface area contributed by atoms with E-state index in [4.69, 9.17) is 5.73 Å². The first-order chi connectivity index (χ1) is 8.58. The maximum absolute atomic E-state index is 9.78. The van der Waals surface area contributed by atoms with Gasteiger partial charge in [-0.3, -0.25) is 0 Å². The van der Waals surface area contributed by atoms with Crippen molar-refractivity contribution in [3.8, 4) is 0 Å². The molecule has 2 rings (SSSR count). The van der Waals surface area contributed by atoms with E-state index in [1.54, 1.807) is 6.07 Å². The summed E-state index contributed by atoms with van der Waals surface area (Å²) in [7, 11) is 0. The van der Waals surface area contributed by atoms with Gasteiger partial charge < -0.3 is 16.2 Å². The minimum Gasteiger partial charge on any atom is -0.399 e. The van der Waals surface area contributed by atoms with Gasteiger partial charge >= 0.3 is 0 Å². The molecule has 0 fully saturated rings. The Bertz CT molecular complexity index is 542. The number of nitrogens with one attached hydrogen (secondary N) is 1. The molecule has 96 valence electrons. The number of anilines is 2. The molecular weight excluding hydrogens is 228 g/mol. The van der Waals surface area contributed by atoms with Gasteiger partial charge in [0.2, 0.25) is 0 Å². The molecule has 0 saturated carbocycles. The van der Waals surface area contributed by atoms with Crippen molar-refractivity contribution >= 4 is 22.4 Å². The van der Waals surface area contributed by atoms with Crippen LogP contribution in [0.1, 0.15) is 13.8 Å². The zero-order valence-corrected chi connectivity index (χ0v) is 10.6. The number of aromatic nitrogens is 2. The number of nitrogens with two attached hydrogens (primary N) is 1. The van der Waals surface area contributed by atoms with Crippen molar-refractivity contribution in [3.63, 3.8) is 0 Å². The van der Waals surface area contributed by atoms with E-state index in [1.165, 1.54) is 6.33 Å². The van der Waals surface area contributed by atoms with Crippen LogP contribution in [-0.4, -0.2) is 27.7 Å². The molecule has 0 spiro atoms. The first-order valence-corrected chi connectivity index (χ1v) is 6.00. The number of nitrogens with zero attached hydrogens (tertiary/aromatic N) is 2. The van der Waals surface area contributed by atoms with Crippen LogP contribution in [0.5, 0.6) is 0 Å². The summed E-state index contributed by atoms with van der Waals surface area (Å²) in [5.41, 5.74) is 7.19. The van der Waals surface area contributed by atoms with Crippen molar-refractivity contribution in [2.75, 3.05) is 17.6 Å². The maximum atomic E-state index is 9.78. The summed E-state index contributed by atoms with van der Waals surface area (Å²) in [5, 5.41) is 13.8. The van der Waals surface area contributed by atoms with Crippen molar-refractivity contribution < 1.29 is 5.11 Å². The molecule has 5 nitrogen and oxygen atoms in total. The highest BCUT2D eigenvalue weighted by molar-refractivity contribution is 5.90. The summed E-state index contributed by atoms with van der Waals surface area (Å²) in [5.74, 6) is 0.931. The molecule has 0 aliphatic heterocycles. The molecule has 0 amide bonds. The summed E-state index contributed by atoms with van der Waals surface area (Å²) in [6.45, 7) is 4.42. The second kappa shape index (κ2) is 5.18. The number of nitrogen functional groups attached to an aromatic ring is 1. The molecule has 1 unspecified atom stereocenters. The third-order valence-electron chi connectivity index (χ3n) is 2.91. The lowest BCUT2D eigenvalue weighted by Gasteiger charge is -2.16. The monoisotopic (exact) mass is 246 g/mol. The summed E-state index contributed by atoms with van der Waals surface area (Å²) in [4.78, 5) is 8.36. The molecule has 18 heavy (non-hydrogen) atoms. The van der Waals surface area contributed by atoms with Crippen LogP contribution in [0.2, 0.25) is 0 Å². The molecule has 1 heterocycles. The molecule has 0 saturated heterocycles. The SMILES string of the molecule is CC(C)C(O)CNc1ncnc2cc(N)ccc12. The normalized spacial score (nSPS) is 12.9. The number of hydrogen-bond donors (Lipinski definition) is 3. The standard InChI is InChI=1S/C13H18N4O/c1-8(2)12(18)6-15-13-10-4-3-9(14)5-11(10)16-7-17-13/h3-5,7-8,12,18H,6,14H2,1-2H3,(H,15,16,17). The maximum Gasteiger partial charge on any atom is 0.137 e. The highest BCUT2D eigenvalue weighted by Crippen LogP contribution is 2.21. The Balaban J connectivity index is 2.23. The molecule has 2 aromatic rings. The van der Waals surface area contributed by atoms with E-state index < -0.39 is 6.10 Å². The Labute approximate surface area is 106 Å². The van der Waals surface area contributed by atoms with Crippen LogP contribution < -0.4 is 11.1 Å². The van der Waals surface area contributed by atoms with Crippen LogP contribution in [0.15, 0.2) is 24.5 Å². The predicted octanol–water partition coefficient (Wildman–Crippen LogP) is 1.64. The van der Waals surface area contributed by atoms with Gasteiger partial charge in [-0.2, -0.15) is 0 Å². The Morgan fingerprint density at radius 2 is 2.11 bits per heavy atom. The van der Waals surface area contributed by atoms with Gasteiger partial charge in [-0.1, -0.05) is 13.8 Å². The highest BCUT2D eigenvalue weighted by Gasteiger charge is 2.10. The van der Waals surface area contributed by atoms with Crippen LogP contribution in [0.3, 0.4) is 0 Å². The highest BCUT2D eigenvalue weighted by atomic mass is 16.3. The average Bonchev–Trinajstić information content (AvgIpc) is 2.35. The fraction of sp³-hybridized carbons (Fsp3) is 0.385. The molecule has 0 aliphatic rings. The summed E-state index contributed by atoms with van der Waals surface area (Å²) in [6, 6.07) is 5.51. The van der Waals surface area contributed by atoms with Crippen molar-refractivity contribution in [1.29, 1.82) is 0 Å². The van der Waals surface area contributed by atoms with Crippen LogP contribution in [-0.2, 0) is 0 Å². The molecule has 4 N–H and O–H groups in total. The third kappa shape index (κ3) is 2.68. The van der Waals surface area contributed by atoms with Crippen molar-refractivity contribution in [2.24, 2.45) is 5.92 Å². The van der Waals surface area contributed by atoms with Crippen LogP contribution in [0.4, 0.5) is 11.5 Å². The Hall–Kier alpha value is -1.88. The number of hydrogen-bond acceptors (Lipinski definition) is 5. The lowest BCUT2D eigenvalue weighted by molar-refractivity contribution is 0.138. The number of aliphatic hydroxyl groups is 1.